The van der Waals surface area contributed by atoms with Crippen LogP contribution in [-0.4, -0.2) is 48.3 Å². The van der Waals surface area contributed by atoms with E-state index in [1.807, 2.05) is 0 Å². The number of carbonyl (C=O) groups excluding carboxylic acids is 4. The Labute approximate surface area is 128 Å². The van der Waals surface area contributed by atoms with E-state index in [-0.39, 0.29) is 12.8 Å². The molecule has 8 heteroatoms. The summed E-state index contributed by atoms with van der Waals surface area (Å²) >= 11 is 0. The van der Waals surface area contributed by atoms with Gasteiger partial charge in [0.1, 0.15) is 18.3 Å². The SMILES string of the molecule is CC(=O)OC1CC(OC(C)=O)C(OC(C)=O)C(OC(C)=O)C1. The number of ether oxygens (including phenoxy) is 4. The van der Waals surface area contributed by atoms with E-state index in [1.165, 1.54) is 27.7 Å². The lowest BCUT2D eigenvalue weighted by atomic mass is 9.89. The number of esters is 4. The average molecular weight is 316 g/mol. The first kappa shape index (κ1) is 17.9. The van der Waals surface area contributed by atoms with Crippen molar-refractivity contribution in [2.45, 2.75) is 65.0 Å². The molecule has 0 amide bonds. The fraction of sp³-hybridized carbons (Fsp3) is 0.714. The second-order valence-electron chi connectivity index (χ2n) is 5.07. The Morgan fingerprint density at radius 2 is 1.00 bits per heavy atom. The third-order valence-corrected chi connectivity index (χ3v) is 2.99. The van der Waals surface area contributed by atoms with Gasteiger partial charge in [-0.3, -0.25) is 19.2 Å². The topological polar surface area (TPSA) is 105 Å². The molecule has 1 aliphatic rings. The van der Waals surface area contributed by atoms with Crippen molar-refractivity contribution in [3.8, 4) is 0 Å². The van der Waals surface area contributed by atoms with Gasteiger partial charge in [-0.05, 0) is 0 Å². The third kappa shape index (κ3) is 5.71. The number of rotatable bonds is 4. The Balaban J connectivity index is 2.97. The van der Waals surface area contributed by atoms with E-state index in [1.54, 1.807) is 0 Å². The van der Waals surface area contributed by atoms with Gasteiger partial charge < -0.3 is 18.9 Å². The summed E-state index contributed by atoms with van der Waals surface area (Å²) in [6.07, 6.45) is -2.92. The maximum atomic E-state index is 11.2. The van der Waals surface area contributed by atoms with Crippen LogP contribution in [0, 0.1) is 0 Å². The summed E-state index contributed by atoms with van der Waals surface area (Å²) in [7, 11) is 0. The Hall–Kier alpha value is -2.12. The van der Waals surface area contributed by atoms with Gasteiger partial charge in [0.05, 0.1) is 0 Å². The van der Waals surface area contributed by atoms with E-state index >= 15 is 0 Å². The van der Waals surface area contributed by atoms with Gasteiger partial charge in [-0.2, -0.15) is 0 Å². The van der Waals surface area contributed by atoms with Gasteiger partial charge in [0.2, 0.25) is 0 Å². The molecule has 0 heterocycles. The van der Waals surface area contributed by atoms with Gasteiger partial charge in [-0.25, -0.2) is 0 Å². The molecule has 2 atom stereocenters. The number of hydrogen-bond donors (Lipinski definition) is 0. The lowest BCUT2D eigenvalue weighted by Crippen LogP contribution is -2.52. The monoisotopic (exact) mass is 316 g/mol. The zero-order valence-electron chi connectivity index (χ0n) is 13.0. The minimum absolute atomic E-state index is 0.162. The molecule has 2 unspecified atom stereocenters. The summed E-state index contributed by atoms with van der Waals surface area (Å²) in [5.74, 6) is -2.25. The molecule has 0 saturated heterocycles. The molecule has 0 spiro atoms. The fourth-order valence-corrected chi connectivity index (χ4v) is 2.45. The summed E-state index contributed by atoms with van der Waals surface area (Å²) in [6, 6.07) is 0. The van der Waals surface area contributed by atoms with E-state index in [0.717, 1.165) is 0 Å². The van der Waals surface area contributed by atoms with Crippen molar-refractivity contribution in [2.75, 3.05) is 0 Å². The Bertz CT molecular complexity index is 432. The van der Waals surface area contributed by atoms with Crippen molar-refractivity contribution < 1.29 is 38.1 Å². The molecule has 1 fully saturated rings. The molecule has 1 saturated carbocycles. The molecule has 22 heavy (non-hydrogen) atoms. The van der Waals surface area contributed by atoms with Crippen molar-refractivity contribution in [1.82, 2.24) is 0 Å². The highest BCUT2D eigenvalue weighted by Gasteiger charge is 2.45. The van der Waals surface area contributed by atoms with E-state index in [9.17, 15) is 19.2 Å². The summed E-state index contributed by atoms with van der Waals surface area (Å²) in [5, 5.41) is 0. The standard InChI is InChI=1S/C14H20O8/c1-7(15)19-11-5-12(20-8(2)16)14(22-10(4)18)13(6-11)21-9(3)17/h11-14H,5-6H2,1-4H3. The van der Waals surface area contributed by atoms with Gasteiger partial charge in [-0.1, -0.05) is 0 Å². The first-order valence-electron chi connectivity index (χ1n) is 6.88. The van der Waals surface area contributed by atoms with Gasteiger partial charge in [0.25, 0.3) is 0 Å². The minimum atomic E-state index is -0.933. The molecule has 0 aromatic carbocycles. The predicted octanol–water partition coefficient (Wildman–Crippen LogP) is 0.507. The molecular formula is C14H20O8. The van der Waals surface area contributed by atoms with E-state index in [4.69, 9.17) is 18.9 Å². The molecule has 0 bridgehead atoms. The van der Waals surface area contributed by atoms with Gasteiger partial charge in [-0.15, -0.1) is 0 Å². The first-order chi connectivity index (χ1) is 10.2. The Morgan fingerprint density at radius 3 is 1.32 bits per heavy atom. The quantitative estimate of drug-likeness (QED) is 0.545. The van der Waals surface area contributed by atoms with E-state index in [2.05, 4.69) is 0 Å². The molecule has 0 radical (unpaired) electrons. The highest BCUT2D eigenvalue weighted by Crippen LogP contribution is 2.29. The van der Waals surface area contributed by atoms with E-state index < -0.39 is 48.3 Å². The number of carbonyl (C=O) groups is 4. The lowest BCUT2D eigenvalue weighted by molar-refractivity contribution is -0.200. The van der Waals surface area contributed by atoms with Crippen LogP contribution in [0.15, 0.2) is 0 Å². The van der Waals surface area contributed by atoms with E-state index in [0.29, 0.717) is 0 Å². The average Bonchev–Trinajstić information content (AvgIpc) is 2.30. The molecule has 8 nitrogen and oxygen atoms in total. The molecule has 0 aliphatic heterocycles. The van der Waals surface area contributed by atoms with Crippen LogP contribution in [0.5, 0.6) is 0 Å². The smallest absolute Gasteiger partial charge is 0.303 e. The summed E-state index contributed by atoms with van der Waals surface area (Å²) in [4.78, 5) is 44.8. The molecule has 0 N–H and O–H groups in total. The molecule has 0 aromatic heterocycles. The Kier molecular flexibility index (Phi) is 6.33. The largest absolute Gasteiger partial charge is 0.462 e. The fourth-order valence-electron chi connectivity index (χ4n) is 2.45. The third-order valence-electron chi connectivity index (χ3n) is 2.99. The summed E-state index contributed by atoms with van der Waals surface area (Å²) in [6.45, 7) is 4.87. The molecule has 0 aromatic rings. The second-order valence-corrected chi connectivity index (χ2v) is 5.07. The molecule has 124 valence electrons. The predicted molar refractivity (Wildman–Crippen MR) is 71.5 cm³/mol. The highest BCUT2D eigenvalue weighted by atomic mass is 16.6. The summed E-state index contributed by atoms with van der Waals surface area (Å²) in [5.41, 5.74) is 0. The molecular weight excluding hydrogens is 296 g/mol. The van der Waals surface area contributed by atoms with Crippen molar-refractivity contribution in [1.29, 1.82) is 0 Å². The molecule has 1 rings (SSSR count). The van der Waals surface area contributed by atoms with Crippen molar-refractivity contribution >= 4 is 23.9 Å². The lowest BCUT2D eigenvalue weighted by Gasteiger charge is -2.39. The van der Waals surface area contributed by atoms with Crippen LogP contribution >= 0.6 is 0 Å². The van der Waals surface area contributed by atoms with Crippen LogP contribution in [-0.2, 0) is 38.1 Å². The number of hydrogen-bond acceptors (Lipinski definition) is 8. The molecule has 1 aliphatic carbocycles. The maximum Gasteiger partial charge on any atom is 0.303 e. The van der Waals surface area contributed by atoms with Crippen molar-refractivity contribution in [3.63, 3.8) is 0 Å². The minimum Gasteiger partial charge on any atom is -0.462 e. The Morgan fingerprint density at radius 1 is 0.636 bits per heavy atom. The van der Waals surface area contributed by atoms with Crippen LogP contribution in [0.25, 0.3) is 0 Å². The van der Waals surface area contributed by atoms with Gasteiger partial charge in [0, 0.05) is 40.5 Å². The van der Waals surface area contributed by atoms with Crippen LogP contribution < -0.4 is 0 Å². The zero-order valence-corrected chi connectivity index (χ0v) is 13.0. The second kappa shape index (κ2) is 7.77. The zero-order chi connectivity index (χ0) is 16.9. The normalized spacial score (nSPS) is 27.5. The van der Waals surface area contributed by atoms with Crippen LogP contribution in [0.2, 0.25) is 0 Å². The van der Waals surface area contributed by atoms with Crippen LogP contribution in [0.1, 0.15) is 40.5 Å². The van der Waals surface area contributed by atoms with Crippen molar-refractivity contribution in [2.24, 2.45) is 0 Å². The van der Waals surface area contributed by atoms with Crippen LogP contribution in [0.3, 0.4) is 0 Å². The van der Waals surface area contributed by atoms with Gasteiger partial charge >= 0.3 is 23.9 Å². The first-order valence-corrected chi connectivity index (χ1v) is 6.88. The summed E-state index contributed by atoms with van der Waals surface area (Å²) < 4.78 is 20.5. The maximum absolute atomic E-state index is 11.2. The highest BCUT2D eigenvalue weighted by molar-refractivity contribution is 5.68. The van der Waals surface area contributed by atoms with Crippen molar-refractivity contribution in [3.05, 3.63) is 0 Å². The van der Waals surface area contributed by atoms with Gasteiger partial charge in [0.15, 0.2) is 6.10 Å². The van der Waals surface area contributed by atoms with Crippen LogP contribution in [0.4, 0.5) is 0 Å².